The summed E-state index contributed by atoms with van der Waals surface area (Å²) in [5.41, 5.74) is 4.88. The SMILES string of the molecule is CC.Cn1nc(C2=NOC(c3ccc(C#N)cc3)C2)c2c1C(=O)N(CC1(SC3CC3)CC1)CC2. The third-order valence-corrected chi connectivity index (χ3v) is 8.69. The molecule has 1 amide bonds. The average Bonchev–Trinajstić information content (AvgIpc) is 3.75. The Morgan fingerprint density at radius 3 is 2.62 bits per heavy atom. The highest BCUT2D eigenvalue weighted by Gasteiger charge is 2.49. The van der Waals surface area contributed by atoms with E-state index in [1.165, 1.54) is 25.7 Å². The summed E-state index contributed by atoms with van der Waals surface area (Å²) in [5.74, 6) is 0.0957. The maximum absolute atomic E-state index is 13.4. The number of aryl methyl sites for hydroxylation is 1. The van der Waals surface area contributed by atoms with Crippen LogP contribution in [-0.2, 0) is 18.3 Å². The molecule has 2 aliphatic carbocycles. The third kappa shape index (κ3) is 4.34. The Morgan fingerprint density at radius 2 is 1.97 bits per heavy atom. The van der Waals surface area contributed by atoms with Gasteiger partial charge in [-0.15, -0.1) is 11.8 Å². The van der Waals surface area contributed by atoms with Crippen molar-refractivity contribution in [2.45, 2.75) is 68.5 Å². The van der Waals surface area contributed by atoms with Gasteiger partial charge in [0.1, 0.15) is 17.1 Å². The molecule has 2 aliphatic heterocycles. The summed E-state index contributed by atoms with van der Waals surface area (Å²) in [7, 11) is 1.85. The second-order valence-corrected chi connectivity index (χ2v) is 11.1. The molecule has 178 valence electrons. The summed E-state index contributed by atoms with van der Waals surface area (Å²) in [5, 5.41) is 18.8. The fourth-order valence-electron chi connectivity index (χ4n) is 4.76. The van der Waals surface area contributed by atoms with Crippen molar-refractivity contribution in [1.29, 1.82) is 5.26 Å². The lowest BCUT2D eigenvalue weighted by molar-refractivity contribution is 0.0725. The molecule has 1 aromatic carbocycles. The molecule has 6 rings (SSSR count). The maximum Gasteiger partial charge on any atom is 0.272 e. The number of hydrogen-bond acceptors (Lipinski definition) is 6. The Balaban J connectivity index is 0.00000117. The van der Waals surface area contributed by atoms with Gasteiger partial charge in [0, 0.05) is 42.1 Å². The predicted molar refractivity (Wildman–Crippen MR) is 133 cm³/mol. The minimum atomic E-state index is -0.194. The molecule has 1 unspecified atom stereocenters. The molecule has 34 heavy (non-hydrogen) atoms. The maximum atomic E-state index is 13.4. The number of aromatic nitrogens is 2. The molecule has 0 saturated heterocycles. The van der Waals surface area contributed by atoms with E-state index < -0.39 is 0 Å². The third-order valence-electron chi connectivity index (χ3n) is 6.85. The number of oxime groups is 1. The van der Waals surface area contributed by atoms with E-state index in [1.807, 2.05) is 37.9 Å². The predicted octanol–water partition coefficient (Wildman–Crippen LogP) is 4.61. The fourth-order valence-corrected chi connectivity index (χ4v) is 6.41. The quantitative estimate of drug-likeness (QED) is 0.607. The number of fused-ring (bicyclic) bond motifs is 1. The molecule has 7 nitrogen and oxygen atoms in total. The van der Waals surface area contributed by atoms with E-state index in [1.54, 1.807) is 16.8 Å². The van der Waals surface area contributed by atoms with E-state index in [0.717, 1.165) is 47.3 Å². The number of rotatable bonds is 6. The molecular formula is C26H31N5O2S. The van der Waals surface area contributed by atoms with Gasteiger partial charge >= 0.3 is 0 Å². The van der Waals surface area contributed by atoms with Gasteiger partial charge < -0.3 is 9.74 Å². The number of hydrogen-bond donors (Lipinski definition) is 0. The van der Waals surface area contributed by atoms with Crippen LogP contribution in [0.25, 0.3) is 0 Å². The Morgan fingerprint density at radius 1 is 1.24 bits per heavy atom. The van der Waals surface area contributed by atoms with Crippen LogP contribution in [0, 0.1) is 11.3 Å². The van der Waals surface area contributed by atoms with Crippen LogP contribution in [0.15, 0.2) is 29.4 Å². The smallest absolute Gasteiger partial charge is 0.272 e. The Labute approximate surface area is 205 Å². The molecule has 1 atom stereocenters. The normalized spacial score (nSPS) is 22.2. The fraction of sp³-hybridized carbons (Fsp3) is 0.538. The molecule has 2 aromatic rings. The number of nitrogens with zero attached hydrogens (tertiary/aromatic N) is 5. The second-order valence-electron chi connectivity index (χ2n) is 9.35. The largest absolute Gasteiger partial charge is 0.387 e. The molecule has 0 N–H and O–H groups in total. The Bertz CT molecular complexity index is 1160. The Kier molecular flexibility index (Phi) is 6.15. The first-order valence-corrected chi connectivity index (χ1v) is 13.2. The van der Waals surface area contributed by atoms with E-state index in [9.17, 15) is 4.79 Å². The molecule has 2 saturated carbocycles. The molecule has 0 spiro atoms. The number of carbonyl (C=O) groups is 1. The van der Waals surface area contributed by atoms with Crippen molar-refractivity contribution < 1.29 is 9.63 Å². The van der Waals surface area contributed by atoms with Crippen LogP contribution in [0.4, 0.5) is 0 Å². The summed E-state index contributed by atoms with van der Waals surface area (Å²) < 4.78 is 2.03. The van der Waals surface area contributed by atoms with E-state index in [4.69, 9.17) is 15.2 Å². The molecular weight excluding hydrogens is 446 g/mol. The number of nitriles is 1. The first-order valence-electron chi connectivity index (χ1n) is 12.3. The zero-order valence-corrected chi connectivity index (χ0v) is 20.9. The topological polar surface area (TPSA) is 83.5 Å². The molecule has 0 radical (unpaired) electrons. The highest BCUT2D eigenvalue weighted by Crippen LogP contribution is 2.55. The molecule has 3 heterocycles. The van der Waals surface area contributed by atoms with Gasteiger partial charge in [0.05, 0.1) is 11.6 Å². The van der Waals surface area contributed by atoms with Crippen LogP contribution >= 0.6 is 11.8 Å². The summed E-state index contributed by atoms with van der Waals surface area (Å²) in [4.78, 5) is 21.1. The molecule has 4 aliphatic rings. The van der Waals surface area contributed by atoms with Gasteiger partial charge in [-0.3, -0.25) is 9.48 Å². The minimum absolute atomic E-state index is 0.0957. The van der Waals surface area contributed by atoms with Gasteiger partial charge in [-0.25, -0.2) is 0 Å². The zero-order valence-electron chi connectivity index (χ0n) is 20.1. The van der Waals surface area contributed by atoms with Crippen molar-refractivity contribution in [2.24, 2.45) is 12.2 Å². The Hall–Kier alpha value is -2.79. The number of thioether (sulfide) groups is 1. The lowest BCUT2D eigenvalue weighted by Gasteiger charge is -2.31. The van der Waals surface area contributed by atoms with Gasteiger partial charge in [-0.2, -0.15) is 10.4 Å². The minimum Gasteiger partial charge on any atom is -0.387 e. The van der Waals surface area contributed by atoms with Crippen LogP contribution < -0.4 is 0 Å². The van der Waals surface area contributed by atoms with Crippen molar-refractivity contribution >= 4 is 23.4 Å². The first kappa shape index (κ1) is 23.0. The first-order chi connectivity index (χ1) is 16.5. The summed E-state index contributed by atoms with van der Waals surface area (Å²) in [6.07, 6.45) is 6.34. The van der Waals surface area contributed by atoms with Crippen LogP contribution in [-0.4, -0.2) is 49.4 Å². The van der Waals surface area contributed by atoms with Crippen LogP contribution in [0.2, 0.25) is 0 Å². The number of amides is 1. The summed E-state index contributed by atoms with van der Waals surface area (Å²) >= 11 is 2.12. The van der Waals surface area contributed by atoms with Crippen LogP contribution in [0.1, 0.15) is 84.9 Å². The van der Waals surface area contributed by atoms with Crippen molar-refractivity contribution in [3.8, 4) is 6.07 Å². The van der Waals surface area contributed by atoms with Crippen molar-refractivity contribution in [2.75, 3.05) is 13.1 Å². The monoisotopic (exact) mass is 477 g/mol. The van der Waals surface area contributed by atoms with Gasteiger partial charge in [0.25, 0.3) is 5.91 Å². The molecule has 0 bridgehead atoms. The van der Waals surface area contributed by atoms with E-state index in [0.29, 0.717) is 22.4 Å². The summed E-state index contributed by atoms with van der Waals surface area (Å²) in [6, 6.07) is 9.53. The van der Waals surface area contributed by atoms with Gasteiger partial charge in [0.15, 0.2) is 6.10 Å². The van der Waals surface area contributed by atoms with E-state index in [-0.39, 0.29) is 12.0 Å². The highest BCUT2D eigenvalue weighted by molar-refractivity contribution is 8.01. The summed E-state index contributed by atoms with van der Waals surface area (Å²) in [6.45, 7) is 5.60. The van der Waals surface area contributed by atoms with Gasteiger partial charge in [0.2, 0.25) is 0 Å². The molecule has 1 aromatic heterocycles. The van der Waals surface area contributed by atoms with Crippen molar-refractivity contribution in [3.63, 3.8) is 0 Å². The van der Waals surface area contributed by atoms with Gasteiger partial charge in [-0.05, 0) is 49.8 Å². The lowest BCUT2D eigenvalue weighted by Crippen LogP contribution is -2.43. The zero-order chi connectivity index (χ0) is 23.9. The van der Waals surface area contributed by atoms with Crippen LogP contribution in [0.5, 0.6) is 0 Å². The van der Waals surface area contributed by atoms with Crippen LogP contribution in [0.3, 0.4) is 0 Å². The number of carbonyl (C=O) groups excluding carboxylic acids is 1. The van der Waals surface area contributed by atoms with Crippen molar-refractivity contribution in [1.82, 2.24) is 14.7 Å². The average molecular weight is 478 g/mol. The number of benzene rings is 1. The van der Waals surface area contributed by atoms with E-state index in [2.05, 4.69) is 23.0 Å². The van der Waals surface area contributed by atoms with E-state index >= 15 is 0 Å². The van der Waals surface area contributed by atoms with Crippen molar-refractivity contribution in [3.05, 3.63) is 52.3 Å². The lowest BCUT2D eigenvalue weighted by atomic mass is 9.97. The molecule has 2 fully saturated rings. The van der Waals surface area contributed by atoms with Gasteiger partial charge in [-0.1, -0.05) is 31.1 Å². The molecule has 8 heteroatoms. The second kappa shape index (κ2) is 9.10. The highest BCUT2D eigenvalue weighted by atomic mass is 32.2. The standard InChI is InChI=1S/C24H25N5O2S.C2H6/c1-28-22-18(8-11-29(23(22)30)14-24(9-10-24)32-17-6-7-17)21(26-28)19-12-20(31-27-19)16-4-2-15(13-25)3-5-16;1-2/h2-5,17,20H,6-12,14H2,1H3;1-2H3.